The van der Waals surface area contributed by atoms with Gasteiger partial charge in [-0.3, -0.25) is 4.79 Å². The van der Waals surface area contributed by atoms with E-state index in [1.165, 1.54) is 31.2 Å². The molecule has 1 nitrogen and oxygen atoms in total. The van der Waals surface area contributed by atoms with Crippen LogP contribution in [-0.2, 0) is 0 Å². The lowest BCUT2D eigenvalue weighted by molar-refractivity contribution is 0.101. The molecule has 0 aliphatic rings. The van der Waals surface area contributed by atoms with Gasteiger partial charge in [0, 0.05) is 11.1 Å². The van der Waals surface area contributed by atoms with Crippen LogP contribution in [0.1, 0.15) is 17.3 Å². The third kappa shape index (κ3) is 2.34. The molecule has 0 radical (unpaired) electrons. The highest BCUT2D eigenvalue weighted by atomic mass is 79.9. The third-order valence-electron chi connectivity index (χ3n) is 2.60. The van der Waals surface area contributed by atoms with Crippen molar-refractivity contribution in [1.29, 1.82) is 0 Å². The van der Waals surface area contributed by atoms with E-state index in [1.807, 2.05) is 0 Å². The van der Waals surface area contributed by atoms with Crippen molar-refractivity contribution in [1.82, 2.24) is 0 Å². The first-order valence-electron chi connectivity index (χ1n) is 5.25. The zero-order valence-corrected chi connectivity index (χ0v) is 11.1. The molecule has 0 bridgehead atoms. The predicted octanol–water partition coefficient (Wildman–Crippen LogP) is 4.60. The fourth-order valence-electron chi connectivity index (χ4n) is 1.76. The smallest absolute Gasteiger partial charge is 0.160 e. The van der Waals surface area contributed by atoms with Gasteiger partial charge in [0.2, 0.25) is 0 Å². The Morgan fingerprint density at radius 1 is 1.11 bits per heavy atom. The van der Waals surface area contributed by atoms with Gasteiger partial charge in [-0.2, -0.15) is 0 Å². The Balaban J connectivity index is 2.73. The van der Waals surface area contributed by atoms with Crippen LogP contribution in [0.3, 0.4) is 0 Å². The van der Waals surface area contributed by atoms with Crippen molar-refractivity contribution in [2.24, 2.45) is 0 Å². The molecule has 4 heteroatoms. The number of Topliss-reactive ketones (excluding diaryl/α,β-unsaturated/α-hetero) is 1. The summed E-state index contributed by atoms with van der Waals surface area (Å²) >= 11 is 3.07. The molecule has 0 N–H and O–H groups in total. The van der Waals surface area contributed by atoms with Crippen LogP contribution in [-0.4, -0.2) is 5.78 Å². The van der Waals surface area contributed by atoms with Crippen molar-refractivity contribution in [3.63, 3.8) is 0 Å². The van der Waals surface area contributed by atoms with Crippen LogP contribution >= 0.6 is 15.9 Å². The van der Waals surface area contributed by atoms with Crippen LogP contribution in [0.15, 0.2) is 40.9 Å². The van der Waals surface area contributed by atoms with Crippen LogP contribution < -0.4 is 0 Å². The zero-order chi connectivity index (χ0) is 13.3. The topological polar surface area (TPSA) is 17.1 Å². The molecule has 0 atom stereocenters. The SMILES string of the molecule is CC(=O)c1ccc(F)cc1-c1cccc(Br)c1F. The highest BCUT2D eigenvalue weighted by molar-refractivity contribution is 9.10. The molecule has 92 valence electrons. The van der Waals surface area contributed by atoms with Gasteiger partial charge in [0.25, 0.3) is 0 Å². The minimum Gasteiger partial charge on any atom is -0.294 e. The summed E-state index contributed by atoms with van der Waals surface area (Å²) in [5.41, 5.74) is 0.767. The number of ketones is 1. The van der Waals surface area contributed by atoms with E-state index in [4.69, 9.17) is 0 Å². The van der Waals surface area contributed by atoms with Crippen LogP contribution in [0.2, 0.25) is 0 Å². The van der Waals surface area contributed by atoms with Crippen molar-refractivity contribution in [2.75, 3.05) is 0 Å². The molecule has 18 heavy (non-hydrogen) atoms. The van der Waals surface area contributed by atoms with Crippen LogP contribution in [0.4, 0.5) is 8.78 Å². The molecule has 2 aromatic rings. The first kappa shape index (κ1) is 12.9. The Hall–Kier alpha value is -1.55. The summed E-state index contributed by atoms with van der Waals surface area (Å²) in [5.74, 6) is -1.25. The maximum atomic E-state index is 14.0. The van der Waals surface area contributed by atoms with E-state index in [2.05, 4.69) is 15.9 Å². The maximum Gasteiger partial charge on any atom is 0.160 e. The standard InChI is InChI=1S/C14H9BrF2O/c1-8(18)10-6-5-9(16)7-12(10)11-3-2-4-13(15)14(11)17/h2-7H,1H3. The summed E-state index contributed by atoms with van der Waals surface area (Å²) in [6, 6.07) is 8.43. The van der Waals surface area contributed by atoms with Gasteiger partial charge in [0.1, 0.15) is 11.6 Å². The lowest BCUT2D eigenvalue weighted by Crippen LogP contribution is -1.98. The molecule has 0 unspecified atom stereocenters. The molecule has 2 rings (SSSR count). The maximum absolute atomic E-state index is 14.0. The normalized spacial score (nSPS) is 10.4. The predicted molar refractivity (Wildman–Crippen MR) is 69.5 cm³/mol. The average Bonchev–Trinajstić information content (AvgIpc) is 2.32. The molecule has 0 fully saturated rings. The number of hydrogen-bond donors (Lipinski definition) is 0. The summed E-state index contributed by atoms with van der Waals surface area (Å²) in [6.07, 6.45) is 0. The lowest BCUT2D eigenvalue weighted by Gasteiger charge is -2.09. The number of rotatable bonds is 2. The molecule has 2 aromatic carbocycles. The summed E-state index contributed by atoms with van der Waals surface area (Å²) in [5, 5.41) is 0. The van der Waals surface area contributed by atoms with E-state index in [1.54, 1.807) is 12.1 Å². The molecule has 0 aliphatic heterocycles. The summed E-state index contributed by atoms with van der Waals surface area (Å²) in [7, 11) is 0. The number of carbonyl (C=O) groups excluding carboxylic acids is 1. The van der Waals surface area contributed by atoms with Crippen molar-refractivity contribution in [3.05, 3.63) is 58.1 Å². The number of benzene rings is 2. The largest absolute Gasteiger partial charge is 0.294 e. The van der Waals surface area contributed by atoms with Crippen LogP contribution in [0.5, 0.6) is 0 Å². The number of halogens is 3. The van der Waals surface area contributed by atoms with E-state index >= 15 is 0 Å². The number of hydrogen-bond acceptors (Lipinski definition) is 1. The highest BCUT2D eigenvalue weighted by Crippen LogP contribution is 2.31. The fourth-order valence-corrected chi connectivity index (χ4v) is 2.12. The molecule has 0 heterocycles. The van der Waals surface area contributed by atoms with Gasteiger partial charge in [0.05, 0.1) is 4.47 Å². The Morgan fingerprint density at radius 3 is 2.50 bits per heavy atom. The minimum absolute atomic E-state index is 0.203. The molecule has 0 spiro atoms. The van der Waals surface area contributed by atoms with Crippen molar-refractivity contribution < 1.29 is 13.6 Å². The van der Waals surface area contributed by atoms with Crippen molar-refractivity contribution in [2.45, 2.75) is 6.92 Å². The summed E-state index contributed by atoms with van der Waals surface area (Å²) in [6.45, 7) is 1.37. The molecular formula is C14H9BrF2O. The summed E-state index contributed by atoms with van der Waals surface area (Å²) < 4.78 is 27.5. The van der Waals surface area contributed by atoms with Crippen LogP contribution in [0.25, 0.3) is 11.1 Å². The van der Waals surface area contributed by atoms with E-state index in [-0.39, 0.29) is 21.4 Å². The average molecular weight is 311 g/mol. The first-order valence-corrected chi connectivity index (χ1v) is 6.05. The van der Waals surface area contributed by atoms with Gasteiger partial charge < -0.3 is 0 Å². The second-order valence-electron chi connectivity index (χ2n) is 3.85. The van der Waals surface area contributed by atoms with Gasteiger partial charge in [-0.05, 0) is 52.7 Å². The first-order chi connectivity index (χ1) is 8.50. The Bertz CT molecular complexity index is 623. The van der Waals surface area contributed by atoms with Crippen LogP contribution in [0, 0.1) is 11.6 Å². The minimum atomic E-state index is -0.509. The third-order valence-corrected chi connectivity index (χ3v) is 3.22. The lowest BCUT2D eigenvalue weighted by atomic mass is 9.97. The van der Waals surface area contributed by atoms with Gasteiger partial charge >= 0.3 is 0 Å². The Kier molecular flexibility index (Phi) is 3.57. The molecule has 0 saturated heterocycles. The van der Waals surface area contributed by atoms with E-state index in [9.17, 15) is 13.6 Å². The van der Waals surface area contributed by atoms with Gasteiger partial charge in [0.15, 0.2) is 5.78 Å². The van der Waals surface area contributed by atoms with E-state index in [0.717, 1.165) is 0 Å². The fraction of sp³-hybridized carbons (Fsp3) is 0.0714. The summed E-state index contributed by atoms with van der Waals surface area (Å²) in [4.78, 5) is 11.5. The quantitative estimate of drug-likeness (QED) is 0.741. The second kappa shape index (κ2) is 4.98. The van der Waals surface area contributed by atoms with Gasteiger partial charge in [-0.1, -0.05) is 12.1 Å². The number of carbonyl (C=O) groups is 1. The van der Waals surface area contributed by atoms with E-state index in [0.29, 0.717) is 5.56 Å². The molecule has 0 amide bonds. The van der Waals surface area contributed by atoms with Crippen molar-refractivity contribution in [3.8, 4) is 11.1 Å². The monoisotopic (exact) mass is 310 g/mol. The molecule has 0 saturated carbocycles. The molecule has 0 aromatic heterocycles. The Morgan fingerprint density at radius 2 is 1.83 bits per heavy atom. The van der Waals surface area contributed by atoms with Crippen molar-refractivity contribution >= 4 is 21.7 Å². The highest BCUT2D eigenvalue weighted by Gasteiger charge is 2.15. The van der Waals surface area contributed by atoms with Gasteiger partial charge in [-0.25, -0.2) is 8.78 Å². The molecule has 0 aliphatic carbocycles. The Labute approximate surface area is 112 Å². The molecular weight excluding hydrogens is 302 g/mol. The van der Waals surface area contributed by atoms with Gasteiger partial charge in [-0.15, -0.1) is 0 Å². The zero-order valence-electron chi connectivity index (χ0n) is 9.51. The second-order valence-corrected chi connectivity index (χ2v) is 4.70. The van der Waals surface area contributed by atoms with E-state index < -0.39 is 11.6 Å².